The van der Waals surface area contributed by atoms with Gasteiger partial charge in [-0.15, -0.1) is 0 Å². The van der Waals surface area contributed by atoms with E-state index in [1.54, 1.807) is 48.5 Å². The van der Waals surface area contributed by atoms with Crippen LogP contribution in [0.4, 0.5) is 0 Å². The van der Waals surface area contributed by atoms with Crippen molar-refractivity contribution >= 4 is 19.1 Å². The number of esters is 1. The van der Waals surface area contributed by atoms with Crippen LogP contribution in [-0.2, 0) is 24.0 Å². The minimum absolute atomic E-state index is 0.173. The lowest BCUT2D eigenvalue weighted by Crippen LogP contribution is -2.17. The van der Waals surface area contributed by atoms with Crippen molar-refractivity contribution in [2.75, 3.05) is 14.2 Å². The van der Waals surface area contributed by atoms with Crippen molar-refractivity contribution in [3.8, 4) is 11.5 Å². The summed E-state index contributed by atoms with van der Waals surface area (Å²) in [6, 6.07) is 13.3. The highest BCUT2D eigenvalue weighted by atomic mass is 31.2. The van der Waals surface area contributed by atoms with Crippen LogP contribution in [0, 0.1) is 0 Å². The Morgan fingerprint density at radius 2 is 1.75 bits per heavy atom. The first-order chi connectivity index (χ1) is 13.1. The van der Waals surface area contributed by atoms with Crippen LogP contribution in [0.1, 0.15) is 25.0 Å². The van der Waals surface area contributed by atoms with E-state index >= 15 is 0 Å². The van der Waals surface area contributed by atoms with Crippen LogP contribution in [0.25, 0.3) is 5.57 Å². The number of carbonyl (C=O) groups excluding carboxylic acids is 1. The highest BCUT2D eigenvalue weighted by Crippen LogP contribution is 2.56. The number of methoxy groups -OCH3 is 2. The molecule has 0 aromatic heterocycles. The zero-order valence-electron chi connectivity index (χ0n) is 16.1. The topological polar surface area (TPSA) is 102 Å². The second-order valence-electron chi connectivity index (χ2n) is 6.49. The number of carbonyl (C=O) groups is 1. The van der Waals surface area contributed by atoms with Gasteiger partial charge in [-0.25, -0.2) is 4.79 Å². The molecule has 2 rings (SSSR count). The van der Waals surface area contributed by atoms with Gasteiger partial charge in [0.25, 0.3) is 0 Å². The molecule has 0 atom stereocenters. The predicted octanol–water partition coefficient (Wildman–Crippen LogP) is 4.05. The lowest BCUT2D eigenvalue weighted by Gasteiger charge is -2.26. The second-order valence-corrected chi connectivity index (χ2v) is 8.69. The Kier molecular flexibility index (Phi) is 6.67. The van der Waals surface area contributed by atoms with E-state index in [2.05, 4.69) is 0 Å². The molecule has 0 fully saturated rings. The molecule has 2 N–H and O–H groups in total. The summed E-state index contributed by atoms with van der Waals surface area (Å²) >= 11 is 0. The van der Waals surface area contributed by atoms with Gasteiger partial charge in [-0.2, -0.15) is 0 Å². The molecule has 0 saturated carbocycles. The molecule has 8 heteroatoms. The molecule has 0 aliphatic rings. The van der Waals surface area contributed by atoms with Crippen molar-refractivity contribution in [1.29, 1.82) is 0 Å². The first-order valence-electron chi connectivity index (χ1n) is 8.36. The number of para-hydroxylation sites is 1. The lowest BCUT2D eigenvalue weighted by atomic mass is 10.0. The van der Waals surface area contributed by atoms with Crippen LogP contribution in [0.5, 0.6) is 11.5 Å². The van der Waals surface area contributed by atoms with E-state index in [-0.39, 0.29) is 5.57 Å². The third kappa shape index (κ3) is 4.62. The summed E-state index contributed by atoms with van der Waals surface area (Å²) in [7, 11) is -1.70. The number of ether oxygens (including phenoxy) is 3. The highest BCUT2D eigenvalue weighted by molar-refractivity contribution is 7.53. The Balaban J connectivity index is 2.46. The number of hydrogen-bond donors (Lipinski definition) is 2. The largest absolute Gasteiger partial charge is 0.503 e. The number of benzene rings is 2. The molecule has 0 aliphatic carbocycles. The smallest absolute Gasteiger partial charge is 0.341 e. The van der Waals surface area contributed by atoms with Crippen molar-refractivity contribution in [3.05, 3.63) is 65.9 Å². The minimum Gasteiger partial charge on any atom is -0.503 e. The van der Waals surface area contributed by atoms with Crippen LogP contribution in [0.15, 0.2) is 54.8 Å². The summed E-state index contributed by atoms with van der Waals surface area (Å²) in [5.41, 5.74) is 1.06. The van der Waals surface area contributed by atoms with Gasteiger partial charge in [-0.3, -0.25) is 4.57 Å². The maximum absolute atomic E-state index is 12.1. The van der Waals surface area contributed by atoms with E-state index < -0.39 is 18.7 Å². The van der Waals surface area contributed by atoms with Crippen molar-refractivity contribution < 1.29 is 33.4 Å². The summed E-state index contributed by atoms with van der Waals surface area (Å²) in [5, 5.41) is -1.38. The maximum atomic E-state index is 12.1. The molecule has 7 nitrogen and oxygen atoms in total. The average molecular weight is 406 g/mol. The molecule has 150 valence electrons. The summed E-state index contributed by atoms with van der Waals surface area (Å²) in [6.07, 6.45) is 1.27. The summed E-state index contributed by atoms with van der Waals surface area (Å²) < 4.78 is 27.5. The fourth-order valence-electron chi connectivity index (χ4n) is 2.46. The Hall–Kier alpha value is -2.60. The van der Waals surface area contributed by atoms with Crippen LogP contribution < -0.4 is 4.74 Å². The van der Waals surface area contributed by atoms with E-state index in [1.165, 1.54) is 34.3 Å². The molecular weight excluding hydrogens is 383 g/mol. The van der Waals surface area contributed by atoms with Crippen LogP contribution >= 0.6 is 7.60 Å². The fourth-order valence-corrected chi connectivity index (χ4v) is 2.94. The average Bonchev–Trinajstić information content (AvgIpc) is 2.65. The highest BCUT2D eigenvalue weighted by Gasteiger charge is 2.39. The Morgan fingerprint density at radius 3 is 2.36 bits per heavy atom. The Bertz CT molecular complexity index is 928. The number of hydrogen-bond acceptors (Lipinski definition) is 5. The van der Waals surface area contributed by atoms with E-state index in [4.69, 9.17) is 14.2 Å². The SMILES string of the molecule is COC=C(C(=O)OC)c1ccccc1Oc1cccc(C(C)(C)P(=O)(O)O)c1. The van der Waals surface area contributed by atoms with Gasteiger partial charge in [0.1, 0.15) is 17.1 Å². The molecule has 0 amide bonds. The molecule has 0 spiro atoms. The first kappa shape index (κ1) is 21.7. The molecule has 0 bridgehead atoms. The van der Waals surface area contributed by atoms with Gasteiger partial charge in [0.05, 0.1) is 25.6 Å². The fraction of sp³-hybridized carbons (Fsp3) is 0.250. The van der Waals surface area contributed by atoms with Gasteiger partial charge in [0.15, 0.2) is 0 Å². The minimum atomic E-state index is -4.39. The van der Waals surface area contributed by atoms with Crippen LogP contribution in [0.3, 0.4) is 0 Å². The van der Waals surface area contributed by atoms with Gasteiger partial charge in [0, 0.05) is 5.56 Å². The van der Waals surface area contributed by atoms with Gasteiger partial charge < -0.3 is 24.0 Å². The predicted molar refractivity (Wildman–Crippen MR) is 105 cm³/mol. The molecule has 0 aliphatic heterocycles. The van der Waals surface area contributed by atoms with E-state index in [9.17, 15) is 19.1 Å². The molecule has 0 radical (unpaired) electrons. The van der Waals surface area contributed by atoms with Crippen molar-refractivity contribution in [2.45, 2.75) is 19.0 Å². The van der Waals surface area contributed by atoms with E-state index in [0.717, 1.165) is 0 Å². The van der Waals surface area contributed by atoms with Gasteiger partial charge in [-0.1, -0.05) is 30.3 Å². The quantitative estimate of drug-likeness (QED) is 0.309. The van der Waals surface area contributed by atoms with Crippen molar-refractivity contribution in [3.63, 3.8) is 0 Å². The van der Waals surface area contributed by atoms with Crippen molar-refractivity contribution in [2.24, 2.45) is 0 Å². The van der Waals surface area contributed by atoms with Crippen LogP contribution in [-0.4, -0.2) is 30.0 Å². The zero-order valence-corrected chi connectivity index (χ0v) is 17.0. The molecule has 0 unspecified atom stereocenters. The standard InChI is InChI=1S/C20H23O7P/c1-20(2,28(22,23)24)14-8-7-9-15(12-14)27-18-11-6-5-10-16(18)17(13-25-3)19(21)26-4/h5-13H,1-4H3,(H2,22,23,24). The molecule has 0 saturated heterocycles. The third-order valence-corrected chi connectivity index (χ3v) is 6.03. The summed E-state index contributed by atoms with van der Waals surface area (Å²) in [6.45, 7) is 2.94. The summed E-state index contributed by atoms with van der Waals surface area (Å²) in [4.78, 5) is 31.4. The second kappa shape index (κ2) is 8.61. The van der Waals surface area contributed by atoms with E-state index in [0.29, 0.717) is 22.6 Å². The Labute approximate surface area is 163 Å². The zero-order chi connectivity index (χ0) is 20.9. The molecule has 2 aromatic rings. The monoisotopic (exact) mass is 406 g/mol. The number of rotatable bonds is 7. The lowest BCUT2D eigenvalue weighted by molar-refractivity contribution is -0.133. The normalized spacial score (nSPS) is 12.4. The molecule has 0 heterocycles. The molecule has 28 heavy (non-hydrogen) atoms. The third-order valence-electron chi connectivity index (χ3n) is 4.31. The Morgan fingerprint density at radius 1 is 1.07 bits per heavy atom. The van der Waals surface area contributed by atoms with E-state index in [1.807, 2.05) is 0 Å². The van der Waals surface area contributed by atoms with Crippen LogP contribution in [0.2, 0.25) is 0 Å². The van der Waals surface area contributed by atoms with Gasteiger partial charge in [-0.05, 0) is 37.6 Å². The summed E-state index contributed by atoms with van der Waals surface area (Å²) in [5.74, 6) is 0.143. The maximum Gasteiger partial charge on any atom is 0.341 e. The first-order valence-corrected chi connectivity index (χ1v) is 9.97. The molecular formula is C20H23O7P. The van der Waals surface area contributed by atoms with Gasteiger partial charge in [0.2, 0.25) is 0 Å². The van der Waals surface area contributed by atoms with Crippen molar-refractivity contribution in [1.82, 2.24) is 0 Å². The molecule has 2 aromatic carbocycles. The van der Waals surface area contributed by atoms with Gasteiger partial charge >= 0.3 is 13.6 Å².